The van der Waals surface area contributed by atoms with Gasteiger partial charge < -0.3 is 40.4 Å². The highest BCUT2D eigenvalue weighted by Gasteiger charge is 2.20. The van der Waals surface area contributed by atoms with Crippen molar-refractivity contribution in [2.24, 2.45) is 0 Å². The highest BCUT2D eigenvalue weighted by atomic mass is 32.1. The SMILES string of the molecule is COC[C@H](C)Nc1cc(C(O)Nc2nnc(N/C(C)=C\C=N)s2)oc(=O)c1OC. The van der Waals surface area contributed by atoms with Crippen molar-refractivity contribution in [3.8, 4) is 5.75 Å². The van der Waals surface area contributed by atoms with Crippen LogP contribution in [0, 0.1) is 5.41 Å². The average Bonchev–Trinajstić information content (AvgIpc) is 3.08. The van der Waals surface area contributed by atoms with Crippen molar-refractivity contribution in [1.29, 1.82) is 5.41 Å². The second-order valence-corrected chi connectivity index (χ2v) is 6.96. The van der Waals surface area contributed by atoms with Crippen molar-refractivity contribution in [3.63, 3.8) is 0 Å². The summed E-state index contributed by atoms with van der Waals surface area (Å²) in [7, 11) is 2.93. The first kappa shape index (κ1) is 22.3. The molecule has 0 aliphatic heterocycles. The molecule has 0 saturated heterocycles. The lowest BCUT2D eigenvalue weighted by molar-refractivity contribution is 0.170. The van der Waals surface area contributed by atoms with Crippen LogP contribution >= 0.6 is 11.3 Å². The van der Waals surface area contributed by atoms with E-state index in [2.05, 4.69) is 26.1 Å². The van der Waals surface area contributed by atoms with Crippen molar-refractivity contribution < 1.29 is 19.0 Å². The Morgan fingerprint density at radius 3 is 2.76 bits per heavy atom. The van der Waals surface area contributed by atoms with E-state index in [-0.39, 0.29) is 17.6 Å². The fourth-order valence-corrected chi connectivity index (χ4v) is 3.08. The Labute approximate surface area is 171 Å². The zero-order chi connectivity index (χ0) is 21.4. The third-order valence-corrected chi connectivity index (χ3v) is 4.31. The Hall–Kier alpha value is -2.96. The number of ether oxygens (including phenoxy) is 2. The molecule has 158 valence electrons. The Morgan fingerprint density at radius 1 is 1.38 bits per heavy atom. The van der Waals surface area contributed by atoms with Crippen LogP contribution in [-0.2, 0) is 4.74 Å². The monoisotopic (exact) mass is 424 g/mol. The summed E-state index contributed by atoms with van der Waals surface area (Å²) in [5.74, 6) is -0.0210. The van der Waals surface area contributed by atoms with Crippen molar-refractivity contribution in [1.82, 2.24) is 10.2 Å². The molecule has 11 nitrogen and oxygen atoms in total. The number of nitrogens with zero attached hydrogens (tertiary/aromatic N) is 2. The van der Waals surface area contributed by atoms with Gasteiger partial charge in [-0.3, -0.25) is 0 Å². The number of allylic oxidation sites excluding steroid dienone is 2. The van der Waals surface area contributed by atoms with Gasteiger partial charge >= 0.3 is 5.63 Å². The van der Waals surface area contributed by atoms with E-state index in [1.165, 1.54) is 13.2 Å². The van der Waals surface area contributed by atoms with E-state index in [1.54, 1.807) is 20.1 Å². The first-order valence-corrected chi connectivity index (χ1v) is 9.39. The topological polar surface area (TPSA) is 155 Å². The highest BCUT2D eigenvalue weighted by Crippen LogP contribution is 2.28. The summed E-state index contributed by atoms with van der Waals surface area (Å²) >= 11 is 1.15. The molecule has 29 heavy (non-hydrogen) atoms. The third kappa shape index (κ3) is 6.27. The molecule has 0 aromatic carbocycles. The van der Waals surface area contributed by atoms with Gasteiger partial charge in [-0.15, -0.1) is 10.2 Å². The Bertz CT molecular complexity index is 912. The van der Waals surface area contributed by atoms with Gasteiger partial charge in [-0.05, 0) is 19.9 Å². The van der Waals surface area contributed by atoms with Crippen molar-refractivity contribution in [2.45, 2.75) is 26.1 Å². The zero-order valence-corrected chi connectivity index (χ0v) is 17.3. The fraction of sp³-hybridized carbons (Fsp3) is 0.412. The summed E-state index contributed by atoms with van der Waals surface area (Å²) < 4.78 is 15.3. The minimum absolute atomic E-state index is 0.000217. The van der Waals surface area contributed by atoms with Crippen LogP contribution in [-0.4, -0.2) is 48.4 Å². The van der Waals surface area contributed by atoms with Crippen molar-refractivity contribution in [2.75, 3.05) is 36.8 Å². The molecule has 1 unspecified atom stereocenters. The standard InChI is InChI=1S/C17H24N6O5S/c1-9(5-6-18)20-16-22-23-17(29-16)21-14(24)12-7-11(19-10(2)8-26-3)13(27-4)15(25)28-12/h5-7,10,14,18-19,24H,8H2,1-4H3,(H,20,22)(H,21,23)/b9-5-,18-6?/t10-,14?/m0/s1. The second-order valence-electron chi connectivity index (χ2n) is 5.98. The van der Waals surface area contributed by atoms with Gasteiger partial charge in [0.2, 0.25) is 16.0 Å². The van der Waals surface area contributed by atoms with Crippen LogP contribution in [0.4, 0.5) is 16.0 Å². The van der Waals surface area contributed by atoms with E-state index in [4.69, 9.17) is 19.3 Å². The number of anilines is 3. The molecule has 2 rings (SSSR count). The van der Waals surface area contributed by atoms with Gasteiger partial charge in [0, 0.05) is 31.1 Å². The van der Waals surface area contributed by atoms with Gasteiger partial charge in [-0.1, -0.05) is 11.3 Å². The van der Waals surface area contributed by atoms with Gasteiger partial charge in [0.1, 0.15) is 0 Å². The number of nitrogens with one attached hydrogen (secondary N) is 4. The van der Waals surface area contributed by atoms with Crippen molar-refractivity contribution >= 4 is 33.5 Å². The molecule has 12 heteroatoms. The molecular formula is C17H24N6O5S. The molecule has 0 aliphatic carbocycles. The molecule has 0 bridgehead atoms. The Kier molecular flexibility index (Phi) is 8.12. The van der Waals surface area contributed by atoms with E-state index in [9.17, 15) is 9.90 Å². The lowest BCUT2D eigenvalue weighted by atomic mass is 10.2. The molecule has 0 aliphatic rings. The molecule has 0 radical (unpaired) electrons. The summed E-state index contributed by atoms with van der Waals surface area (Å²) in [5.41, 5.74) is 0.353. The molecule has 2 atom stereocenters. The van der Waals surface area contributed by atoms with Gasteiger partial charge in [0.25, 0.3) is 0 Å². The lowest BCUT2D eigenvalue weighted by Crippen LogP contribution is -2.23. The van der Waals surface area contributed by atoms with Crippen LogP contribution < -0.4 is 26.3 Å². The van der Waals surface area contributed by atoms with Gasteiger partial charge in [0.05, 0.1) is 19.4 Å². The van der Waals surface area contributed by atoms with Gasteiger partial charge in [-0.2, -0.15) is 0 Å². The summed E-state index contributed by atoms with van der Waals surface area (Å²) in [6.07, 6.45) is 1.37. The van der Waals surface area contributed by atoms with E-state index in [1.807, 2.05) is 6.92 Å². The number of aliphatic hydroxyl groups excluding tert-OH is 1. The molecule has 2 heterocycles. The summed E-state index contributed by atoms with van der Waals surface area (Å²) in [6, 6.07) is 1.36. The van der Waals surface area contributed by atoms with Gasteiger partial charge in [0.15, 0.2) is 12.0 Å². The fourth-order valence-electron chi connectivity index (χ4n) is 2.35. The maximum absolute atomic E-state index is 12.2. The van der Waals surface area contributed by atoms with E-state index < -0.39 is 11.9 Å². The average molecular weight is 424 g/mol. The molecule has 5 N–H and O–H groups in total. The summed E-state index contributed by atoms with van der Waals surface area (Å²) in [5, 5.41) is 34.9. The Balaban J connectivity index is 2.18. The molecule has 0 fully saturated rings. The third-order valence-electron chi connectivity index (χ3n) is 3.54. The van der Waals surface area contributed by atoms with E-state index in [0.29, 0.717) is 28.3 Å². The smallest absolute Gasteiger partial charge is 0.381 e. The molecule has 0 saturated carbocycles. The number of methoxy groups -OCH3 is 2. The number of rotatable bonds is 11. The Morgan fingerprint density at radius 2 is 2.10 bits per heavy atom. The quantitative estimate of drug-likeness (QED) is 0.267. The van der Waals surface area contributed by atoms with Crippen LogP contribution in [0.2, 0.25) is 0 Å². The maximum atomic E-state index is 12.2. The second kappa shape index (κ2) is 10.5. The highest BCUT2D eigenvalue weighted by molar-refractivity contribution is 7.19. The van der Waals surface area contributed by atoms with Crippen LogP contribution in [0.1, 0.15) is 25.8 Å². The van der Waals surface area contributed by atoms with Gasteiger partial charge in [-0.25, -0.2) is 4.79 Å². The van der Waals surface area contributed by atoms with E-state index >= 15 is 0 Å². The van der Waals surface area contributed by atoms with Crippen LogP contribution in [0.5, 0.6) is 5.75 Å². The largest absolute Gasteiger partial charge is 0.488 e. The lowest BCUT2D eigenvalue weighted by Gasteiger charge is -2.18. The molecule has 0 spiro atoms. The first-order chi connectivity index (χ1) is 13.9. The van der Waals surface area contributed by atoms with Crippen LogP contribution in [0.3, 0.4) is 0 Å². The maximum Gasteiger partial charge on any atom is 0.381 e. The summed E-state index contributed by atoms with van der Waals surface area (Å²) in [4.78, 5) is 12.2. The van der Waals surface area contributed by atoms with E-state index in [0.717, 1.165) is 17.6 Å². The normalized spacial score (nSPS) is 13.5. The number of hydrogen-bond acceptors (Lipinski definition) is 12. The minimum atomic E-state index is -1.34. The number of hydrogen-bond donors (Lipinski definition) is 5. The molecule has 2 aromatic rings. The number of aromatic nitrogens is 2. The summed E-state index contributed by atoms with van der Waals surface area (Å²) in [6.45, 7) is 4.06. The molecule has 0 amide bonds. The van der Waals surface area contributed by atoms with Crippen LogP contribution in [0.25, 0.3) is 0 Å². The molecule has 2 aromatic heterocycles. The van der Waals surface area contributed by atoms with Crippen LogP contribution in [0.15, 0.2) is 27.1 Å². The number of aliphatic hydroxyl groups is 1. The first-order valence-electron chi connectivity index (χ1n) is 8.57. The predicted octanol–water partition coefficient (Wildman–Crippen LogP) is 2.01. The van der Waals surface area contributed by atoms with Crippen molar-refractivity contribution in [3.05, 3.63) is 34.0 Å². The minimum Gasteiger partial charge on any atom is -0.488 e. The molecular weight excluding hydrogens is 400 g/mol. The predicted molar refractivity (Wildman–Crippen MR) is 111 cm³/mol. The zero-order valence-electron chi connectivity index (χ0n) is 16.5.